The van der Waals surface area contributed by atoms with Crippen molar-refractivity contribution in [3.05, 3.63) is 64.7 Å². The van der Waals surface area contributed by atoms with Crippen molar-refractivity contribution in [2.45, 2.75) is 43.6 Å². The van der Waals surface area contributed by atoms with Gasteiger partial charge in [-0.25, -0.2) is 13.1 Å². The molecule has 1 N–H and O–H groups in total. The van der Waals surface area contributed by atoms with E-state index in [0.29, 0.717) is 5.02 Å². The molecule has 26 heavy (non-hydrogen) atoms. The second-order valence-corrected chi connectivity index (χ2v) is 9.75. The number of hydrogen-bond donors (Lipinski definition) is 1. The molecule has 6 heteroatoms. The topological polar surface area (TPSA) is 55.4 Å². The van der Waals surface area contributed by atoms with Crippen LogP contribution in [0.15, 0.2) is 53.4 Å². The van der Waals surface area contributed by atoms with Crippen molar-refractivity contribution in [3.63, 3.8) is 0 Å². The Labute approximate surface area is 161 Å². The van der Waals surface area contributed by atoms with Crippen LogP contribution in [0.25, 0.3) is 0 Å². The van der Waals surface area contributed by atoms with Crippen molar-refractivity contribution in [2.75, 3.05) is 13.7 Å². The number of rotatable bonds is 6. The number of halogens is 1. The summed E-state index contributed by atoms with van der Waals surface area (Å²) in [5, 5.41) is 0.575. The van der Waals surface area contributed by atoms with Gasteiger partial charge in [0.1, 0.15) is 5.60 Å². The van der Waals surface area contributed by atoms with Crippen molar-refractivity contribution >= 4 is 21.6 Å². The number of hydrogen-bond acceptors (Lipinski definition) is 3. The Morgan fingerprint density at radius 2 is 1.62 bits per heavy atom. The minimum absolute atomic E-state index is 0.0308. The molecule has 0 fully saturated rings. The van der Waals surface area contributed by atoms with Gasteiger partial charge in [0.15, 0.2) is 0 Å². The number of sulfonamides is 1. The molecular weight excluding hydrogens is 370 g/mol. The fourth-order valence-electron chi connectivity index (χ4n) is 2.56. The summed E-state index contributed by atoms with van der Waals surface area (Å²) in [5.41, 5.74) is 1.02. The first-order valence-electron chi connectivity index (χ1n) is 8.39. The van der Waals surface area contributed by atoms with E-state index in [4.69, 9.17) is 16.3 Å². The van der Waals surface area contributed by atoms with Crippen LogP contribution in [0.4, 0.5) is 0 Å². The molecule has 142 valence electrons. The van der Waals surface area contributed by atoms with Gasteiger partial charge in [0, 0.05) is 18.7 Å². The lowest BCUT2D eigenvalue weighted by Gasteiger charge is -2.29. The predicted octanol–water partition coefficient (Wildman–Crippen LogP) is 4.48. The molecule has 0 bridgehead atoms. The summed E-state index contributed by atoms with van der Waals surface area (Å²) in [6.45, 7) is 8.17. The first-order chi connectivity index (χ1) is 12.0. The third-order valence-corrected chi connectivity index (χ3v) is 6.17. The lowest BCUT2D eigenvalue weighted by atomic mass is 9.87. The Balaban J connectivity index is 2.20. The highest BCUT2D eigenvalue weighted by Crippen LogP contribution is 2.27. The van der Waals surface area contributed by atoms with Crippen LogP contribution in [0.3, 0.4) is 0 Å². The van der Waals surface area contributed by atoms with Crippen LogP contribution in [0, 0.1) is 0 Å². The first-order valence-corrected chi connectivity index (χ1v) is 10.3. The molecule has 0 aliphatic rings. The van der Waals surface area contributed by atoms with Gasteiger partial charge < -0.3 is 4.74 Å². The van der Waals surface area contributed by atoms with Crippen molar-refractivity contribution in [2.24, 2.45) is 0 Å². The lowest BCUT2D eigenvalue weighted by Crippen LogP contribution is -2.40. The molecule has 4 nitrogen and oxygen atoms in total. The van der Waals surface area contributed by atoms with Crippen LogP contribution < -0.4 is 4.72 Å². The van der Waals surface area contributed by atoms with E-state index in [1.807, 2.05) is 31.2 Å². The summed E-state index contributed by atoms with van der Waals surface area (Å²) < 4.78 is 33.6. The van der Waals surface area contributed by atoms with E-state index in [1.165, 1.54) is 0 Å². The minimum atomic E-state index is -3.65. The van der Waals surface area contributed by atoms with E-state index in [9.17, 15) is 8.42 Å². The second-order valence-electron chi connectivity index (χ2n) is 7.54. The first kappa shape index (κ1) is 20.9. The molecule has 0 amide bonds. The fraction of sp³-hybridized carbons (Fsp3) is 0.400. The van der Waals surface area contributed by atoms with E-state index in [1.54, 1.807) is 31.4 Å². The molecule has 1 unspecified atom stereocenters. The minimum Gasteiger partial charge on any atom is -0.372 e. The van der Waals surface area contributed by atoms with E-state index in [0.717, 1.165) is 11.1 Å². The molecule has 0 aromatic heterocycles. The van der Waals surface area contributed by atoms with Crippen LogP contribution >= 0.6 is 11.6 Å². The Morgan fingerprint density at radius 1 is 1.00 bits per heavy atom. The molecule has 2 rings (SSSR count). The molecule has 0 spiro atoms. The maximum atomic E-state index is 12.7. The van der Waals surface area contributed by atoms with E-state index >= 15 is 0 Å². The molecule has 0 aliphatic heterocycles. The van der Waals surface area contributed by atoms with E-state index < -0.39 is 15.6 Å². The molecular formula is C20H26ClNO3S. The van der Waals surface area contributed by atoms with Gasteiger partial charge in [0.05, 0.1) is 4.90 Å². The molecule has 1 atom stereocenters. The monoisotopic (exact) mass is 395 g/mol. The Hall–Kier alpha value is -1.40. The molecule has 2 aromatic carbocycles. The predicted molar refractivity (Wildman–Crippen MR) is 106 cm³/mol. The van der Waals surface area contributed by atoms with Gasteiger partial charge in [-0.3, -0.25) is 0 Å². The van der Waals surface area contributed by atoms with Gasteiger partial charge in [-0.1, -0.05) is 56.6 Å². The van der Waals surface area contributed by atoms with E-state index in [-0.39, 0.29) is 16.9 Å². The fourth-order valence-corrected chi connectivity index (χ4v) is 3.88. The number of nitrogens with one attached hydrogen (secondary N) is 1. The van der Waals surface area contributed by atoms with Crippen LogP contribution in [-0.4, -0.2) is 22.1 Å². The number of methoxy groups -OCH3 is 1. The number of ether oxygens (including phenoxy) is 1. The van der Waals surface area contributed by atoms with Crippen LogP contribution in [0.2, 0.25) is 5.02 Å². The van der Waals surface area contributed by atoms with Gasteiger partial charge in [-0.05, 0) is 47.7 Å². The maximum Gasteiger partial charge on any atom is 0.240 e. The largest absolute Gasteiger partial charge is 0.372 e. The summed E-state index contributed by atoms with van der Waals surface area (Å²) in [6, 6.07) is 14.2. The van der Waals surface area contributed by atoms with Crippen molar-refractivity contribution in [3.8, 4) is 0 Å². The SMILES string of the molecule is COC(C)(CNS(=O)(=O)c1ccc(C(C)(C)C)cc1)c1cccc(Cl)c1. The maximum absolute atomic E-state index is 12.7. The molecule has 0 saturated carbocycles. The van der Waals surface area contributed by atoms with E-state index in [2.05, 4.69) is 25.5 Å². The highest BCUT2D eigenvalue weighted by molar-refractivity contribution is 7.89. The van der Waals surface area contributed by atoms with Crippen LogP contribution in [0.5, 0.6) is 0 Å². The summed E-state index contributed by atoms with van der Waals surface area (Å²) in [6.07, 6.45) is 0. The zero-order valence-electron chi connectivity index (χ0n) is 15.8. The van der Waals surface area contributed by atoms with Crippen molar-refractivity contribution < 1.29 is 13.2 Å². The summed E-state index contributed by atoms with van der Waals surface area (Å²) in [7, 11) is -2.10. The van der Waals surface area contributed by atoms with Gasteiger partial charge in [-0.15, -0.1) is 0 Å². The van der Waals surface area contributed by atoms with Crippen LogP contribution in [-0.2, 0) is 25.8 Å². The summed E-state index contributed by atoms with van der Waals surface area (Å²) in [4.78, 5) is 0.232. The smallest absolute Gasteiger partial charge is 0.240 e. The quantitative estimate of drug-likeness (QED) is 0.784. The third kappa shape index (κ3) is 4.86. The second kappa shape index (κ2) is 7.69. The van der Waals surface area contributed by atoms with Gasteiger partial charge in [0.2, 0.25) is 10.0 Å². The molecule has 0 heterocycles. The number of benzene rings is 2. The Bertz CT molecular complexity index is 857. The summed E-state index contributed by atoms with van der Waals surface area (Å²) in [5.74, 6) is 0. The normalized spacial score (nSPS) is 14.8. The molecule has 0 aliphatic carbocycles. The van der Waals surface area contributed by atoms with Crippen LogP contribution in [0.1, 0.15) is 38.8 Å². The molecule has 0 saturated heterocycles. The molecule has 0 radical (unpaired) electrons. The zero-order chi connectivity index (χ0) is 19.6. The summed E-state index contributed by atoms with van der Waals surface area (Å²) >= 11 is 6.05. The highest BCUT2D eigenvalue weighted by Gasteiger charge is 2.29. The average Bonchev–Trinajstić information content (AvgIpc) is 2.59. The lowest BCUT2D eigenvalue weighted by molar-refractivity contribution is 0.00699. The average molecular weight is 396 g/mol. The van der Waals surface area contributed by atoms with Gasteiger partial charge in [-0.2, -0.15) is 0 Å². The van der Waals surface area contributed by atoms with Gasteiger partial charge in [0.25, 0.3) is 0 Å². The standard InChI is InChI=1S/C20H26ClNO3S/c1-19(2,3)15-9-11-18(12-10-15)26(23,24)22-14-20(4,25-5)16-7-6-8-17(21)13-16/h6-13,22H,14H2,1-5H3. The Kier molecular flexibility index (Phi) is 6.18. The Morgan fingerprint density at radius 3 is 2.12 bits per heavy atom. The zero-order valence-corrected chi connectivity index (χ0v) is 17.4. The third-order valence-electron chi connectivity index (χ3n) is 4.52. The van der Waals surface area contributed by atoms with Crippen molar-refractivity contribution in [1.82, 2.24) is 4.72 Å². The molecule has 2 aromatic rings. The van der Waals surface area contributed by atoms with Crippen molar-refractivity contribution in [1.29, 1.82) is 0 Å². The van der Waals surface area contributed by atoms with Gasteiger partial charge >= 0.3 is 0 Å². The highest BCUT2D eigenvalue weighted by atomic mass is 35.5.